The molecule has 0 saturated carbocycles. The summed E-state index contributed by atoms with van der Waals surface area (Å²) in [5, 5.41) is 9.20. The molecule has 0 aliphatic rings. The molecule has 0 aromatic heterocycles. The van der Waals surface area contributed by atoms with Gasteiger partial charge in [-0.25, -0.2) is 0 Å². The number of carbonyl (C=O) groups excluding carboxylic acids is 1. The van der Waals surface area contributed by atoms with Crippen LogP contribution in [0.5, 0.6) is 5.75 Å². The van der Waals surface area contributed by atoms with E-state index >= 15 is 0 Å². The number of phenolic OH excluding ortho intramolecular Hbond substituents is 1. The minimum absolute atomic E-state index is 0. The first-order valence-corrected chi connectivity index (χ1v) is 4.69. The molecule has 0 aliphatic heterocycles. The van der Waals surface area contributed by atoms with Gasteiger partial charge in [0.05, 0.1) is 5.56 Å². The van der Waals surface area contributed by atoms with Crippen LogP contribution in [0.4, 0.5) is 0 Å². The summed E-state index contributed by atoms with van der Waals surface area (Å²) in [6.45, 7) is 1.91. The number of carbonyl (C=O) groups is 1. The van der Waals surface area contributed by atoms with Gasteiger partial charge in [-0.2, -0.15) is 0 Å². The average Bonchev–Trinajstić information content (AvgIpc) is 2.05. The summed E-state index contributed by atoms with van der Waals surface area (Å²) in [5.74, 6) is 0.788. The molecule has 1 aromatic carbocycles. The first kappa shape index (κ1) is 17.4. The number of hydrogen-bond donors (Lipinski definition) is 1. The molecule has 0 radical (unpaired) electrons. The number of aromatic hydroxyl groups is 1. The Bertz CT molecular complexity index is 294. The maximum Gasteiger partial charge on any atom is 2.00 e. The Kier molecular flexibility index (Phi) is 11.4. The molecule has 64 valence electrons. The van der Waals surface area contributed by atoms with E-state index in [-0.39, 0.29) is 68.1 Å². The Morgan fingerprint density at radius 3 is 2.50 bits per heavy atom. The van der Waals surface area contributed by atoms with Crippen LogP contribution in [0.15, 0.2) is 24.3 Å². The number of phenols is 1. The van der Waals surface area contributed by atoms with Gasteiger partial charge in [0.15, 0.2) is 0 Å². The monoisotopic (exact) mass is 407 g/mol. The molecule has 0 fully saturated rings. The summed E-state index contributed by atoms with van der Waals surface area (Å²) in [6.07, 6.45) is 0. The minimum Gasteiger partial charge on any atom is -0.507 e. The van der Waals surface area contributed by atoms with E-state index in [9.17, 15) is 9.90 Å². The second-order valence-electron chi connectivity index (χ2n) is 2.24. The van der Waals surface area contributed by atoms with Crippen LogP contribution in [-0.2, 0) is 27.7 Å². The van der Waals surface area contributed by atoms with E-state index in [1.807, 2.05) is 6.92 Å². The second kappa shape index (κ2) is 9.22. The summed E-state index contributed by atoms with van der Waals surface area (Å²) in [5.41, 5.74) is 0.393. The van der Waals surface area contributed by atoms with Crippen molar-refractivity contribution < 1.29 is 67.1 Å². The number of para-hydroxylation sites is 1. The molecule has 0 saturated heterocycles. The van der Waals surface area contributed by atoms with E-state index in [4.69, 9.17) is 0 Å². The van der Waals surface area contributed by atoms with Gasteiger partial charge in [0, 0.05) is 0 Å². The number of thioether (sulfide) groups is 1. The molecule has 1 rings (SSSR count). The quantitative estimate of drug-likeness (QED) is 0.660. The van der Waals surface area contributed by atoms with Crippen molar-refractivity contribution >= 4 is 16.9 Å². The Hall–Kier alpha value is 0.975. The fourth-order valence-electron chi connectivity index (χ4n) is 0.855. The van der Waals surface area contributed by atoms with Gasteiger partial charge in [-0.3, -0.25) is 4.79 Å². The fourth-order valence-corrected chi connectivity index (χ4v) is 1.45. The molecule has 1 N–H and O–H groups in total. The molecular formula is C9H10HgNaO2S+3. The van der Waals surface area contributed by atoms with Crippen molar-refractivity contribution in [3.05, 3.63) is 29.8 Å². The van der Waals surface area contributed by atoms with Gasteiger partial charge in [0.1, 0.15) is 5.75 Å². The van der Waals surface area contributed by atoms with Crippen molar-refractivity contribution in [2.24, 2.45) is 0 Å². The Labute approximate surface area is 131 Å². The number of benzene rings is 1. The third-order valence-corrected chi connectivity index (χ3v) is 2.17. The molecule has 0 heterocycles. The SMILES string of the molecule is CCSC(=O)c1ccccc1O.[Hg+2].[Na+]. The molecule has 0 aliphatic carbocycles. The molecule has 0 bridgehead atoms. The molecule has 0 spiro atoms. The Morgan fingerprint density at radius 1 is 1.43 bits per heavy atom. The van der Waals surface area contributed by atoms with E-state index in [1.165, 1.54) is 17.8 Å². The van der Waals surface area contributed by atoms with Crippen LogP contribution >= 0.6 is 11.8 Å². The van der Waals surface area contributed by atoms with Crippen LogP contribution < -0.4 is 29.6 Å². The van der Waals surface area contributed by atoms with Gasteiger partial charge >= 0.3 is 57.2 Å². The van der Waals surface area contributed by atoms with E-state index in [0.29, 0.717) is 5.56 Å². The van der Waals surface area contributed by atoms with E-state index in [2.05, 4.69) is 0 Å². The topological polar surface area (TPSA) is 37.3 Å². The molecule has 1 aromatic rings. The van der Waals surface area contributed by atoms with Crippen LogP contribution in [0.1, 0.15) is 17.3 Å². The van der Waals surface area contributed by atoms with Crippen LogP contribution in [0.2, 0.25) is 0 Å². The average molecular weight is 406 g/mol. The zero-order valence-electron chi connectivity index (χ0n) is 8.49. The van der Waals surface area contributed by atoms with Crippen molar-refractivity contribution in [1.82, 2.24) is 0 Å². The maximum absolute atomic E-state index is 11.3. The van der Waals surface area contributed by atoms with Gasteiger partial charge in [-0.15, -0.1) is 0 Å². The molecule has 0 unspecified atom stereocenters. The van der Waals surface area contributed by atoms with Crippen molar-refractivity contribution in [3.63, 3.8) is 0 Å². The predicted octanol–water partition coefficient (Wildman–Crippen LogP) is -0.713. The van der Waals surface area contributed by atoms with Gasteiger partial charge in [-0.1, -0.05) is 30.8 Å². The van der Waals surface area contributed by atoms with E-state index in [0.717, 1.165) is 5.75 Å². The van der Waals surface area contributed by atoms with Crippen LogP contribution in [0, 0.1) is 0 Å². The van der Waals surface area contributed by atoms with Crippen LogP contribution in [-0.4, -0.2) is 16.0 Å². The molecule has 5 heteroatoms. The molecular weight excluding hydrogens is 396 g/mol. The summed E-state index contributed by atoms with van der Waals surface area (Å²) >= 11 is 1.20. The zero-order valence-corrected chi connectivity index (χ0v) is 16.8. The molecule has 0 amide bonds. The third-order valence-electron chi connectivity index (χ3n) is 1.40. The molecule has 2 nitrogen and oxygen atoms in total. The molecule has 0 atom stereocenters. The summed E-state index contributed by atoms with van der Waals surface area (Å²) in [4.78, 5) is 11.3. The standard InChI is InChI=1S/C9H10O2S.Hg.Na/c1-2-12-9(11)7-5-3-4-6-8(7)10;;/h3-6,10H,2H2,1H3;;/q;+2;+1. The van der Waals surface area contributed by atoms with E-state index in [1.54, 1.807) is 18.2 Å². The van der Waals surface area contributed by atoms with E-state index < -0.39 is 0 Å². The number of hydrogen-bond acceptors (Lipinski definition) is 3. The normalized spacial score (nSPS) is 8.36. The fraction of sp³-hybridized carbons (Fsp3) is 0.222. The van der Waals surface area contributed by atoms with Crippen molar-refractivity contribution in [2.45, 2.75) is 6.92 Å². The zero-order chi connectivity index (χ0) is 8.97. The summed E-state index contributed by atoms with van der Waals surface area (Å²) in [7, 11) is 0. The Morgan fingerprint density at radius 2 is 2.00 bits per heavy atom. The largest absolute Gasteiger partial charge is 2.00 e. The minimum atomic E-state index is -0.0735. The van der Waals surface area contributed by atoms with Crippen LogP contribution in [0.25, 0.3) is 0 Å². The summed E-state index contributed by atoms with van der Waals surface area (Å²) in [6, 6.07) is 6.58. The van der Waals surface area contributed by atoms with Crippen molar-refractivity contribution in [2.75, 3.05) is 5.75 Å². The predicted molar refractivity (Wildman–Crippen MR) is 50.6 cm³/mol. The second-order valence-corrected chi connectivity index (χ2v) is 3.47. The van der Waals surface area contributed by atoms with Crippen LogP contribution in [0.3, 0.4) is 0 Å². The number of rotatable bonds is 2. The smallest absolute Gasteiger partial charge is 0.507 e. The Balaban J connectivity index is 0. The maximum atomic E-state index is 11.3. The third kappa shape index (κ3) is 5.17. The van der Waals surface area contributed by atoms with Gasteiger partial charge in [0.2, 0.25) is 5.12 Å². The summed E-state index contributed by atoms with van der Waals surface area (Å²) < 4.78 is 0. The van der Waals surface area contributed by atoms with Gasteiger partial charge in [0.25, 0.3) is 0 Å². The molecule has 14 heavy (non-hydrogen) atoms. The van der Waals surface area contributed by atoms with Crippen molar-refractivity contribution in [3.8, 4) is 5.75 Å². The first-order chi connectivity index (χ1) is 5.75. The van der Waals surface area contributed by atoms with Gasteiger partial charge in [-0.05, 0) is 17.9 Å². The van der Waals surface area contributed by atoms with Crippen molar-refractivity contribution in [1.29, 1.82) is 0 Å². The van der Waals surface area contributed by atoms with Gasteiger partial charge < -0.3 is 5.11 Å². The first-order valence-electron chi connectivity index (χ1n) is 3.70.